The van der Waals surface area contributed by atoms with E-state index in [-0.39, 0.29) is 11.3 Å². The maximum Gasteiger partial charge on any atom is 0.235 e. The fraction of sp³-hybridized carbons (Fsp3) is 0.368. The first-order valence-electron chi connectivity index (χ1n) is 8.33. The topological polar surface area (TPSA) is 45.2 Å². The van der Waals surface area contributed by atoms with E-state index in [9.17, 15) is 4.79 Å². The summed E-state index contributed by atoms with van der Waals surface area (Å²) in [5.41, 5.74) is 4.11. The summed E-state index contributed by atoms with van der Waals surface area (Å²) in [4.78, 5) is 19.6. The number of aromatic nitrogens is 1. The van der Waals surface area contributed by atoms with Crippen molar-refractivity contribution in [2.45, 2.75) is 31.7 Å². The van der Waals surface area contributed by atoms with E-state index in [0.717, 1.165) is 53.9 Å². The first-order valence-corrected chi connectivity index (χ1v) is 9.12. The van der Waals surface area contributed by atoms with E-state index in [1.807, 2.05) is 24.4 Å². The number of hydrogen-bond acceptors (Lipinski definition) is 3. The molecule has 1 aromatic carbocycles. The summed E-state index contributed by atoms with van der Waals surface area (Å²) in [5.74, 6) is 0.157. The smallest absolute Gasteiger partial charge is 0.235 e. The number of fused-ring (bicyclic) bond motifs is 2. The average molecular weight is 386 g/mol. The second kappa shape index (κ2) is 5.97. The Balaban J connectivity index is 1.53. The van der Waals surface area contributed by atoms with Crippen LogP contribution in [0.3, 0.4) is 0 Å². The first-order chi connectivity index (χ1) is 11.6. The molecule has 2 aliphatic heterocycles. The molecule has 0 bridgehead atoms. The van der Waals surface area contributed by atoms with E-state index in [0.29, 0.717) is 0 Å². The molecule has 0 atom stereocenters. The van der Waals surface area contributed by atoms with Gasteiger partial charge >= 0.3 is 0 Å². The number of carbonyl (C=O) groups is 1. The maximum atomic E-state index is 12.7. The second-order valence-corrected chi connectivity index (χ2v) is 7.68. The van der Waals surface area contributed by atoms with Crippen LogP contribution in [0, 0.1) is 6.92 Å². The number of benzene rings is 1. The van der Waals surface area contributed by atoms with Crippen LogP contribution in [0.1, 0.15) is 29.7 Å². The fourth-order valence-corrected chi connectivity index (χ4v) is 4.23. The van der Waals surface area contributed by atoms with Crippen LogP contribution in [-0.4, -0.2) is 28.9 Å². The van der Waals surface area contributed by atoms with Crippen LogP contribution in [0.5, 0.6) is 0 Å². The Labute approximate surface area is 150 Å². The van der Waals surface area contributed by atoms with Crippen LogP contribution < -0.4 is 5.32 Å². The molecular formula is C19H20BrN3O. The molecule has 4 nitrogen and oxygen atoms in total. The lowest BCUT2D eigenvalue weighted by Crippen LogP contribution is -2.46. The van der Waals surface area contributed by atoms with E-state index in [1.165, 1.54) is 5.56 Å². The molecule has 2 aliphatic rings. The Hall–Kier alpha value is -1.72. The molecule has 1 aromatic heterocycles. The third kappa shape index (κ3) is 2.56. The number of piperidine rings is 1. The Bertz CT molecular complexity index is 797. The number of nitrogens with one attached hydrogen (secondary N) is 1. The number of rotatable bonds is 2. The quantitative estimate of drug-likeness (QED) is 0.857. The molecule has 124 valence electrons. The molecule has 2 aromatic rings. The standard InChI is InChI=1S/C19H20BrN3O/c1-13-3-2-8-21-17(13)12-23-9-6-19(7-10-23)15-11-14(20)4-5-16(15)22-18(19)24/h2-5,8,11H,6-7,9-10,12H2,1H3,(H,22,24). The largest absolute Gasteiger partial charge is 0.325 e. The van der Waals surface area contributed by atoms with E-state index in [2.05, 4.69) is 50.2 Å². The third-order valence-electron chi connectivity index (χ3n) is 5.38. The highest BCUT2D eigenvalue weighted by molar-refractivity contribution is 9.10. The number of aryl methyl sites for hydroxylation is 1. The predicted molar refractivity (Wildman–Crippen MR) is 97.9 cm³/mol. The summed E-state index contributed by atoms with van der Waals surface area (Å²) in [7, 11) is 0. The predicted octanol–water partition coefficient (Wildman–Crippen LogP) is 3.64. The van der Waals surface area contributed by atoms with Crippen molar-refractivity contribution in [2.75, 3.05) is 18.4 Å². The monoisotopic (exact) mass is 385 g/mol. The van der Waals surface area contributed by atoms with Gasteiger partial charge in [-0.2, -0.15) is 0 Å². The highest BCUT2D eigenvalue weighted by atomic mass is 79.9. The molecule has 1 saturated heterocycles. The number of amides is 1. The highest BCUT2D eigenvalue weighted by Gasteiger charge is 2.48. The summed E-state index contributed by atoms with van der Waals surface area (Å²) in [5, 5.41) is 3.07. The van der Waals surface area contributed by atoms with Gasteiger partial charge in [-0.15, -0.1) is 0 Å². The highest BCUT2D eigenvalue weighted by Crippen LogP contribution is 2.45. The van der Waals surface area contributed by atoms with Gasteiger partial charge in [-0.05, 0) is 68.2 Å². The lowest BCUT2D eigenvalue weighted by Gasteiger charge is -2.38. The number of hydrogen-bond donors (Lipinski definition) is 1. The van der Waals surface area contributed by atoms with Gasteiger partial charge < -0.3 is 5.32 Å². The molecule has 3 heterocycles. The Morgan fingerprint density at radius 2 is 2.08 bits per heavy atom. The van der Waals surface area contributed by atoms with Crippen molar-refractivity contribution in [1.29, 1.82) is 0 Å². The summed E-state index contributed by atoms with van der Waals surface area (Å²) in [6, 6.07) is 10.2. The number of pyridine rings is 1. The zero-order valence-corrected chi connectivity index (χ0v) is 15.3. The number of carbonyl (C=O) groups excluding carboxylic acids is 1. The lowest BCUT2D eigenvalue weighted by molar-refractivity contribution is -0.122. The fourth-order valence-electron chi connectivity index (χ4n) is 3.87. The van der Waals surface area contributed by atoms with Crippen LogP contribution in [-0.2, 0) is 16.8 Å². The maximum absolute atomic E-state index is 12.7. The minimum absolute atomic E-state index is 0.157. The summed E-state index contributed by atoms with van der Waals surface area (Å²) in [6.45, 7) is 4.78. The van der Waals surface area contributed by atoms with Crippen molar-refractivity contribution in [3.05, 3.63) is 57.8 Å². The molecule has 1 spiro atoms. The molecule has 24 heavy (non-hydrogen) atoms. The zero-order valence-electron chi connectivity index (χ0n) is 13.7. The van der Waals surface area contributed by atoms with Crippen molar-refractivity contribution in [3.63, 3.8) is 0 Å². The van der Waals surface area contributed by atoms with Gasteiger partial charge in [0, 0.05) is 22.9 Å². The van der Waals surface area contributed by atoms with Crippen molar-refractivity contribution >= 4 is 27.5 Å². The number of nitrogens with zero attached hydrogens (tertiary/aromatic N) is 2. The molecule has 0 aliphatic carbocycles. The van der Waals surface area contributed by atoms with Gasteiger partial charge in [0.05, 0.1) is 11.1 Å². The average Bonchev–Trinajstić information content (AvgIpc) is 2.84. The van der Waals surface area contributed by atoms with Gasteiger partial charge in [-0.1, -0.05) is 22.0 Å². The van der Waals surface area contributed by atoms with E-state index < -0.39 is 0 Å². The van der Waals surface area contributed by atoms with Crippen LogP contribution in [0.25, 0.3) is 0 Å². The Kier molecular flexibility index (Phi) is 3.93. The number of halogens is 1. The van der Waals surface area contributed by atoms with Gasteiger partial charge in [-0.25, -0.2) is 0 Å². The molecule has 5 heteroatoms. The number of anilines is 1. The Morgan fingerprint density at radius 1 is 1.29 bits per heavy atom. The van der Waals surface area contributed by atoms with Gasteiger partial charge in [0.15, 0.2) is 0 Å². The third-order valence-corrected chi connectivity index (χ3v) is 5.87. The molecule has 0 radical (unpaired) electrons. The number of likely N-dealkylation sites (tertiary alicyclic amines) is 1. The molecule has 0 unspecified atom stereocenters. The molecule has 1 amide bonds. The van der Waals surface area contributed by atoms with Crippen molar-refractivity contribution in [1.82, 2.24) is 9.88 Å². The van der Waals surface area contributed by atoms with Crippen molar-refractivity contribution < 1.29 is 4.79 Å². The van der Waals surface area contributed by atoms with E-state index in [4.69, 9.17) is 0 Å². The molecule has 0 saturated carbocycles. The minimum Gasteiger partial charge on any atom is -0.325 e. The van der Waals surface area contributed by atoms with Crippen LogP contribution >= 0.6 is 15.9 Å². The van der Waals surface area contributed by atoms with Crippen LogP contribution in [0.4, 0.5) is 5.69 Å². The Morgan fingerprint density at radius 3 is 2.83 bits per heavy atom. The molecule has 4 rings (SSSR count). The van der Waals surface area contributed by atoms with Crippen LogP contribution in [0.2, 0.25) is 0 Å². The van der Waals surface area contributed by atoms with Gasteiger partial charge in [0.2, 0.25) is 5.91 Å². The summed E-state index contributed by atoms with van der Waals surface area (Å²) in [6.07, 6.45) is 3.56. The summed E-state index contributed by atoms with van der Waals surface area (Å²) >= 11 is 3.54. The first kappa shape index (κ1) is 15.8. The summed E-state index contributed by atoms with van der Waals surface area (Å²) < 4.78 is 1.03. The second-order valence-electron chi connectivity index (χ2n) is 6.77. The van der Waals surface area contributed by atoms with E-state index in [1.54, 1.807) is 0 Å². The van der Waals surface area contributed by atoms with Gasteiger partial charge in [-0.3, -0.25) is 14.7 Å². The molecular weight excluding hydrogens is 366 g/mol. The van der Waals surface area contributed by atoms with Gasteiger partial charge in [0.1, 0.15) is 0 Å². The van der Waals surface area contributed by atoms with Crippen molar-refractivity contribution in [2.24, 2.45) is 0 Å². The minimum atomic E-state index is -0.366. The van der Waals surface area contributed by atoms with Crippen molar-refractivity contribution in [3.8, 4) is 0 Å². The molecule has 1 fully saturated rings. The lowest BCUT2D eigenvalue weighted by atomic mass is 9.73. The van der Waals surface area contributed by atoms with Gasteiger partial charge in [0.25, 0.3) is 0 Å². The normalized spacial score (nSPS) is 19.3. The molecule has 1 N–H and O–H groups in total. The van der Waals surface area contributed by atoms with E-state index >= 15 is 0 Å². The zero-order chi connectivity index (χ0) is 16.7. The van der Waals surface area contributed by atoms with Crippen LogP contribution in [0.15, 0.2) is 41.0 Å². The SMILES string of the molecule is Cc1cccnc1CN1CCC2(CC1)C(=O)Nc1ccc(Br)cc12.